The average molecular weight is 611 g/mol. The SMILES string of the molecule is CC(=O)Oc1ncn(N2CCC(c3ccc(-n4c(=O)n(C)c5cnc6ccc(-c7cnc8ccccc8c7)cc6c54)cc3)CC2)n1. The lowest BCUT2D eigenvalue weighted by Gasteiger charge is -2.32. The number of rotatable bonds is 5. The predicted octanol–water partition coefficient (Wildman–Crippen LogP) is 5.13. The third-order valence-electron chi connectivity index (χ3n) is 8.89. The van der Waals surface area contributed by atoms with Gasteiger partial charge in [0.2, 0.25) is 0 Å². The van der Waals surface area contributed by atoms with Crippen molar-refractivity contribution in [2.24, 2.45) is 7.05 Å². The maximum absolute atomic E-state index is 13.7. The molecule has 0 amide bonds. The maximum Gasteiger partial charge on any atom is 0.345 e. The molecule has 46 heavy (non-hydrogen) atoms. The van der Waals surface area contributed by atoms with Crippen LogP contribution in [0.3, 0.4) is 0 Å². The van der Waals surface area contributed by atoms with Crippen molar-refractivity contribution >= 4 is 38.8 Å². The van der Waals surface area contributed by atoms with E-state index in [1.54, 1.807) is 33.5 Å². The molecule has 4 aromatic heterocycles. The van der Waals surface area contributed by atoms with Gasteiger partial charge in [0.25, 0.3) is 0 Å². The number of pyridine rings is 2. The molecule has 0 spiro atoms. The summed E-state index contributed by atoms with van der Waals surface area (Å²) in [6, 6.07) is 24.8. The number of nitrogens with zero attached hydrogens (tertiary/aromatic N) is 8. The van der Waals surface area contributed by atoms with Crippen LogP contribution < -0.4 is 15.4 Å². The van der Waals surface area contributed by atoms with Gasteiger partial charge in [-0.25, -0.2) is 4.79 Å². The van der Waals surface area contributed by atoms with Gasteiger partial charge >= 0.3 is 17.7 Å². The molecular weight excluding hydrogens is 580 g/mol. The summed E-state index contributed by atoms with van der Waals surface area (Å²) in [4.78, 5) is 40.0. The number of fused-ring (bicyclic) bond motifs is 4. The number of para-hydroxylation sites is 1. The molecule has 3 aromatic carbocycles. The summed E-state index contributed by atoms with van der Waals surface area (Å²) in [5.74, 6) is -0.0759. The van der Waals surface area contributed by atoms with Gasteiger partial charge in [0.15, 0.2) is 0 Å². The van der Waals surface area contributed by atoms with Crippen molar-refractivity contribution in [2.45, 2.75) is 25.7 Å². The number of piperidine rings is 1. The minimum Gasteiger partial charge on any atom is -0.390 e. The third-order valence-corrected chi connectivity index (χ3v) is 8.89. The summed E-state index contributed by atoms with van der Waals surface area (Å²) in [6.45, 7) is 2.90. The fraction of sp³-hybridized carbons (Fsp3) is 0.200. The smallest absolute Gasteiger partial charge is 0.345 e. The number of aromatic nitrogens is 7. The van der Waals surface area contributed by atoms with Crippen LogP contribution in [0.5, 0.6) is 6.01 Å². The largest absolute Gasteiger partial charge is 0.390 e. The molecule has 11 nitrogen and oxygen atoms in total. The van der Waals surface area contributed by atoms with Gasteiger partial charge in [0, 0.05) is 49.6 Å². The van der Waals surface area contributed by atoms with Gasteiger partial charge in [-0.05, 0) is 66.3 Å². The van der Waals surface area contributed by atoms with Crippen LogP contribution in [0, 0.1) is 0 Å². The Morgan fingerprint density at radius 1 is 0.870 bits per heavy atom. The number of hydrogen-bond donors (Lipinski definition) is 0. The van der Waals surface area contributed by atoms with Crippen molar-refractivity contribution in [3.8, 4) is 22.8 Å². The number of carbonyl (C=O) groups is 1. The van der Waals surface area contributed by atoms with Crippen LogP contribution in [0.4, 0.5) is 0 Å². The summed E-state index contributed by atoms with van der Waals surface area (Å²) in [5.41, 5.74) is 7.31. The van der Waals surface area contributed by atoms with Crippen LogP contribution in [0.15, 0.2) is 96.3 Å². The quantitative estimate of drug-likeness (QED) is 0.247. The lowest BCUT2D eigenvalue weighted by molar-refractivity contribution is -0.132. The molecule has 1 aliphatic heterocycles. The van der Waals surface area contributed by atoms with Crippen molar-refractivity contribution in [2.75, 3.05) is 18.1 Å². The first kappa shape index (κ1) is 27.7. The Kier molecular flexibility index (Phi) is 6.59. The monoisotopic (exact) mass is 610 g/mol. The van der Waals surface area contributed by atoms with Crippen LogP contribution in [0.25, 0.3) is 49.7 Å². The number of aryl methyl sites for hydroxylation is 1. The second-order valence-corrected chi connectivity index (χ2v) is 11.7. The lowest BCUT2D eigenvalue weighted by atomic mass is 9.90. The Morgan fingerprint density at radius 2 is 1.65 bits per heavy atom. The topological polar surface area (TPSA) is 113 Å². The molecule has 0 radical (unpaired) electrons. The second-order valence-electron chi connectivity index (χ2n) is 11.7. The Hall–Kier alpha value is -5.84. The van der Waals surface area contributed by atoms with E-state index in [1.807, 2.05) is 42.6 Å². The standard InChI is InChI=1S/C35H30N8O3/c1-22(44)46-34-38-21-42(39-34)41-15-13-24(14-16-41)23-7-10-28(11-8-23)43-33-29-18-25(27-17-26-5-3-4-6-30(26)36-19-27)9-12-31(29)37-20-32(33)40(2)35(43)45/h3-12,17-21,24H,13-16H2,1-2H3. The summed E-state index contributed by atoms with van der Waals surface area (Å²) in [6.07, 6.45) is 7.10. The molecule has 0 atom stereocenters. The van der Waals surface area contributed by atoms with Crippen molar-refractivity contribution < 1.29 is 9.53 Å². The van der Waals surface area contributed by atoms with E-state index in [4.69, 9.17) is 9.72 Å². The van der Waals surface area contributed by atoms with Gasteiger partial charge in [-0.15, -0.1) is 0 Å². The lowest BCUT2D eigenvalue weighted by Crippen LogP contribution is -2.41. The molecule has 1 fully saturated rings. The highest BCUT2D eigenvalue weighted by atomic mass is 16.5. The van der Waals surface area contributed by atoms with E-state index in [0.29, 0.717) is 5.92 Å². The van der Waals surface area contributed by atoms with Crippen LogP contribution in [-0.4, -0.2) is 53.0 Å². The molecule has 0 aliphatic carbocycles. The molecule has 1 saturated heterocycles. The number of imidazole rings is 1. The van der Waals surface area contributed by atoms with Crippen molar-refractivity contribution in [3.05, 3.63) is 108 Å². The van der Waals surface area contributed by atoms with Crippen LogP contribution in [-0.2, 0) is 11.8 Å². The molecule has 0 N–H and O–H groups in total. The van der Waals surface area contributed by atoms with E-state index in [1.165, 1.54) is 12.5 Å². The maximum atomic E-state index is 13.7. The first-order valence-corrected chi connectivity index (χ1v) is 15.2. The van der Waals surface area contributed by atoms with E-state index in [9.17, 15) is 9.59 Å². The van der Waals surface area contributed by atoms with Crippen molar-refractivity contribution in [1.82, 2.24) is 34.0 Å². The minimum atomic E-state index is -0.446. The number of carbonyl (C=O) groups excluding carboxylic acids is 1. The predicted molar refractivity (Wildman–Crippen MR) is 176 cm³/mol. The Morgan fingerprint density at radius 3 is 2.46 bits per heavy atom. The normalized spacial score (nSPS) is 14.0. The minimum absolute atomic E-state index is 0.0550. The van der Waals surface area contributed by atoms with Gasteiger partial charge in [0.1, 0.15) is 6.33 Å². The number of esters is 1. The van der Waals surface area contributed by atoms with E-state index < -0.39 is 5.97 Å². The van der Waals surface area contributed by atoms with Gasteiger partial charge in [-0.2, -0.15) is 9.77 Å². The highest BCUT2D eigenvalue weighted by molar-refractivity contribution is 6.04. The molecular formula is C35H30N8O3. The molecule has 0 unspecified atom stereocenters. The van der Waals surface area contributed by atoms with Crippen LogP contribution in [0.1, 0.15) is 31.2 Å². The molecule has 228 valence electrons. The molecule has 8 rings (SSSR count). The van der Waals surface area contributed by atoms with Gasteiger partial charge < -0.3 is 4.74 Å². The van der Waals surface area contributed by atoms with E-state index in [2.05, 4.69) is 56.5 Å². The number of ether oxygens (including phenoxy) is 1. The number of benzene rings is 3. The van der Waals surface area contributed by atoms with E-state index >= 15 is 0 Å². The second kappa shape index (κ2) is 11.0. The first-order chi connectivity index (χ1) is 22.4. The van der Waals surface area contributed by atoms with Crippen LogP contribution in [0.2, 0.25) is 0 Å². The van der Waals surface area contributed by atoms with Gasteiger partial charge in [-0.3, -0.25) is 28.9 Å². The molecule has 11 heteroatoms. The van der Waals surface area contributed by atoms with Gasteiger partial charge in [-0.1, -0.05) is 41.5 Å². The zero-order valence-corrected chi connectivity index (χ0v) is 25.4. The summed E-state index contributed by atoms with van der Waals surface area (Å²) < 4.78 is 8.43. The Labute approximate surface area is 263 Å². The summed E-state index contributed by atoms with van der Waals surface area (Å²) in [5, 5.41) is 8.32. The third kappa shape index (κ3) is 4.76. The molecule has 7 aromatic rings. The van der Waals surface area contributed by atoms with E-state index in [-0.39, 0.29) is 11.7 Å². The molecule has 1 aliphatic rings. The molecule has 5 heterocycles. The zero-order chi connectivity index (χ0) is 31.4. The zero-order valence-electron chi connectivity index (χ0n) is 25.4. The number of hydrogen-bond acceptors (Lipinski definition) is 8. The van der Waals surface area contributed by atoms with E-state index in [0.717, 1.165) is 75.6 Å². The fourth-order valence-corrected chi connectivity index (χ4v) is 6.50. The van der Waals surface area contributed by atoms with Crippen molar-refractivity contribution in [1.29, 1.82) is 0 Å². The highest BCUT2D eigenvalue weighted by Gasteiger charge is 2.23. The Balaban J connectivity index is 1.10. The van der Waals surface area contributed by atoms with Crippen LogP contribution >= 0.6 is 0 Å². The fourth-order valence-electron chi connectivity index (χ4n) is 6.50. The highest BCUT2D eigenvalue weighted by Crippen LogP contribution is 2.32. The van der Waals surface area contributed by atoms with Gasteiger partial charge in [0.05, 0.1) is 34.0 Å². The molecule has 0 bridgehead atoms. The van der Waals surface area contributed by atoms with Crippen molar-refractivity contribution in [3.63, 3.8) is 0 Å². The Bertz CT molecular complexity index is 2330. The molecule has 0 saturated carbocycles. The summed E-state index contributed by atoms with van der Waals surface area (Å²) in [7, 11) is 1.79. The summed E-state index contributed by atoms with van der Waals surface area (Å²) >= 11 is 0. The average Bonchev–Trinajstić information content (AvgIpc) is 3.65. The first-order valence-electron chi connectivity index (χ1n) is 15.2.